The summed E-state index contributed by atoms with van der Waals surface area (Å²) in [7, 11) is 0. The van der Waals surface area contributed by atoms with Crippen LogP contribution in [0.4, 0.5) is 5.95 Å². The molecule has 108 valence electrons. The molecule has 0 spiro atoms. The zero-order valence-corrected chi connectivity index (χ0v) is 11.7. The van der Waals surface area contributed by atoms with E-state index >= 15 is 0 Å². The Morgan fingerprint density at radius 1 is 1.53 bits per heavy atom. The highest BCUT2D eigenvalue weighted by atomic mass is 16.5. The standard InChI is InChI=1S/C13H24N4O2/c1-9(2)6-11(14)12-15-13(16-19-12)17-5-3-4-10(7-17)8-18/h9-11,18H,3-8,14H2,1-2H3/t10?,11-/m1/s1. The van der Waals surface area contributed by atoms with Gasteiger partial charge in [0.15, 0.2) is 0 Å². The van der Waals surface area contributed by atoms with Crippen molar-refractivity contribution in [3.05, 3.63) is 5.89 Å². The van der Waals surface area contributed by atoms with Crippen LogP contribution in [0, 0.1) is 11.8 Å². The minimum Gasteiger partial charge on any atom is -0.396 e. The topological polar surface area (TPSA) is 88.4 Å². The lowest BCUT2D eigenvalue weighted by atomic mass is 9.99. The van der Waals surface area contributed by atoms with Crippen LogP contribution in [0.25, 0.3) is 0 Å². The first-order valence-corrected chi connectivity index (χ1v) is 7.05. The van der Waals surface area contributed by atoms with Gasteiger partial charge in [-0.1, -0.05) is 13.8 Å². The van der Waals surface area contributed by atoms with Gasteiger partial charge in [0.25, 0.3) is 5.95 Å². The van der Waals surface area contributed by atoms with E-state index in [9.17, 15) is 5.11 Å². The van der Waals surface area contributed by atoms with E-state index in [2.05, 4.69) is 28.9 Å². The van der Waals surface area contributed by atoms with Crippen molar-refractivity contribution in [2.45, 2.75) is 39.2 Å². The lowest BCUT2D eigenvalue weighted by Gasteiger charge is -2.30. The number of hydrogen-bond donors (Lipinski definition) is 2. The molecule has 1 aromatic heterocycles. The van der Waals surface area contributed by atoms with Gasteiger partial charge in [0.2, 0.25) is 5.89 Å². The molecular weight excluding hydrogens is 244 g/mol. The number of aliphatic hydroxyl groups is 1. The third-order valence-corrected chi connectivity index (χ3v) is 3.53. The quantitative estimate of drug-likeness (QED) is 0.837. The number of hydrogen-bond acceptors (Lipinski definition) is 6. The molecule has 0 radical (unpaired) electrons. The fraction of sp³-hybridized carbons (Fsp3) is 0.846. The Kier molecular flexibility index (Phi) is 4.76. The SMILES string of the molecule is CC(C)C[C@@H](N)c1nc(N2CCCC(CO)C2)no1. The smallest absolute Gasteiger partial charge is 0.266 e. The lowest BCUT2D eigenvalue weighted by molar-refractivity contribution is 0.208. The van der Waals surface area contributed by atoms with Gasteiger partial charge < -0.3 is 20.3 Å². The molecule has 0 aromatic carbocycles. The fourth-order valence-corrected chi connectivity index (χ4v) is 2.51. The third-order valence-electron chi connectivity index (χ3n) is 3.53. The van der Waals surface area contributed by atoms with Crippen LogP contribution in [-0.2, 0) is 0 Å². The number of aliphatic hydroxyl groups excluding tert-OH is 1. The molecule has 1 fully saturated rings. The third kappa shape index (κ3) is 3.67. The second-order valence-corrected chi connectivity index (χ2v) is 5.81. The molecule has 3 N–H and O–H groups in total. The Bertz CT molecular complexity index is 394. The molecule has 2 heterocycles. The van der Waals surface area contributed by atoms with E-state index in [1.54, 1.807) is 0 Å². The molecule has 6 nitrogen and oxygen atoms in total. The largest absolute Gasteiger partial charge is 0.396 e. The van der Waals surface area contributed by atoms with Gasteiger partial charge in [-0.2, -0.15) is 4.98 Å². The van der Waals surface area contributed by atoms with E-state index in [1.165, 1.54) is 0 Å². The molecule has 1 unspecified atom stereocenters. The summed E-state index contributed by atoms with van der Waals surface area (Å²) < 4.78 is 5.26. The zero-order valence-electron chi connectivity index (χ0n) is 11.7. The van der Waals surface area contributed by atoms with Gasteiger partial charge in [-0.3, -0.25) is 0 Å². The molecule has 1 saturated heterocycles. The van der Waals surface area contributed by atoms with Gasteiger partial charge in [0, 0.05) is 19.7 Å². The van der Waals surface area contributed by atoms with E-state index in [1.807, 2.05) is 0 Å². The number of anilines is 1. The summed E-state index contributed by atoms with van der Waals surface area (Å²) in [5.74, 6) is 1.92. The van der Waals surface area contributed by atoms with Crippen molar-refractivity contribution in [2.24, 2.45) is 17.6 Å². The first-order chi connectivity index (χ1) is 9.10. The fourth-order valence-electron chi connectivity index (χ4n) is 2.51. The average molecular weight is 268 g/mol. The maximum Gasteiger partial charge on any atom is 0.266 e. The molecule has 2 atom stereocenters. The van der Waals surface area contributed by atoms with Gasteiger partial charge >= 0.3 is 0 Å². The number of aromatic nitrogens is 2. The summed E-state index contributed by atoms with van der Waals surface area (Å²) in [6.07, 6.45) is 2.94. The van der Waals surface area contributed by atoms with Crippen molar-refractivity contribution in [1.29, 1.82) is 0 Å². The number of rotatable bonds is 5. The van der Waals surface area contributed by atoms with Crippen molar-refractivity contribution < 1.29 is 9.63 Å². The van der Waals surface area contributed by atoms with E-state index in [4.69, 9.17) is 10.3 Å². The average Bonchev–Trinajstić information content (AvgIpc) is 2.88. The molecular formula is C13H24N4O2. The van der Waals surface area contributed by atoms with E-state index < -0.39 is 0 Å². The van der Waals surface area contributed by atoms with Gasteiger partial charge in [0.05, 0.1) is 6.04 Å². The van der Waals surface area contributed by atoms with Crippen LogP contribution in [0.2, 0.25) is 0 Å². The Hall–Kier alpha value is -1.14. The van der Waals surface area contributed by atoms with Crippen LogP contribution < -0.4 is 10.6 Å². The number of nitrogens with zero attached hydrogens (tertiary/aromatic N) is 3. The molecule has 0 saturated carbocycles. The number of nitrogens with two attached hydrogens (primary N) is 1. The van der Waals surface area contributed by atoms with E-state index in [0.717, 1.165) is 32.4 Å². The Balaban J connectivity index is 2.00. The first-order valence-electron chi connectivity index (χ1n) is 7.05. The maximum atomic E-state index is 9.24. The summed E-state index contributed by atoms with van der Waals surface area (Å²) in [5.41, 5.74) is 6.04. The van der Waals surface area contributed by atoms with Gasteiger partial charge in [-0.15, -0.1) is 0 Å². The Morgan fingerprint density at radius 3 is 3.00 bits per heavy atom. The second-order valence-electron chi connectivity index (χ2n) is 5.81. The molecule has 0 bridgehead atoms. The van der Waals surface area contributed by atoms with E-state index in [0.29, 0.717) is 23.7 Å². The molecule has 6 heteroatoms. The maximum absolute atomic E-state index is 9.24. The second kappa shape index (κ2) is 6.34. The normalized spacial score (nSPS) is 21.9. The Morgan fingerprint density at radius 2 is 2.32 bits per heavy atom. The zero-order chi connectivity index (χ0) is 13.8. The molecule has 0 aliphatic carbocycles. The summed E-state index contributed by atoms with van der Waals surface area (Å²) in [6, 6.07) is -0.195. The highest BCUT2D eigenvalue weighted by molar-refractivity contribution is 5.28. The summed E-state index contributed by atoms with van der Waals surface area (Å²) in [5, 5.41) is 13.3. The summed E-state index contributed by atoms with van der Waals surface area (Å²) in [4.78, 5) is 6.47. The highest BCUT2D eigenvalue weighted by Gasteiger charge is 2.24. The monoisotopic (exact) mass is 268 g/mol. The van der Waals surface area contributed by atoms with Gasteiger partial charge in [-0.05, 0) is 36.3 Å². The molecule has 0 amide bonds. The van der Waals surface area contributed by atoms with Crippen molar-refractivity contribution >= 4 is 5.95 Å². The molecule has 19 heavy (non-hydrogen) atoms. The van der Waals surface area contributed by atoms with Crippen molar-refractivity contribution in [3.8, 4) is 0 Å². The molecule has 2 rings (SSSR count). The predicted octanol–water partition coefficient (Wildman–Crippen LogP) is 1.32. The van der Waals surface area contributed by atoms with Crippen LogP contribution in [0.15, 0.2) is 4.52 Å². The summed E-state index contributed by atoms with van der Waals surface area (Å²) in [6.45, 7) is 6.15. The molecule has 1 aliphatic rings. The van der Waals surface area contributed by atoms with Crippen molar-refractivity contribution in [3.63, 3.8) is 0 Å². The minimum atomic E-state index is -0.195. The van der Waals surface area contributed by atoms with Crippen molar-refractivity contribution in [2.75, 3.05) is 24.6 Å². The van der Waals surface area contributed by atoms with Crippen LogP contribution in [0.5, 0.6) is 0 Å². The minimum absolute atomic E-state index is 0.195. The Labute approximate surface area is 114 Å². The van der Waals surface area contributed by atoms with Crippen LogP contribution in [0.3, 0.4) is 0 Å². The lowest BCUT2D eigenvalue weighted by Crippen LogP contribution is -2.37. The van der Waals surface area contributed by atoms with Gasteiger partial charge in [0.1, 0.15) is 0 Å². The highest BCUT2D eigenvalue weighted by Crippen LogP contribution is 2.23. The van der Waals surface area contributed by atoms with Crippen LogP contribution in [-0.4, -0.2) is 34.9 Å². The molecule has 1 aromatic rings. The van der Waals surface area contributed by atoms with Crippen LogP contribution >= 0.6 is 0 Å². The molecule has 1 aliphatic heterocycles. The van der Waals surface area contributed by atoms with Crippen LogP contribution in [0.1, 0.15) is 45.0 Å². The summed E-state index contributed by atoms with van der Waals surface area (Å²) >= 11 is 0. The van der Waals surface area contributed by atoms with Crippen molar-refractivity contribution in [1.82, 2.24) is 10.1 Å². The van der Waals surface area contributed by atoms with E-state index in [-0.39, 0.29) is 12.6 Å². The first kappa shape index (κ1) is 14.3. The predicted molar refractivity (Wildman–Crippen MR) is 72.7 cm³/mol. The van der Waals surface area contributed by atoms with Gasteiger partial charge in [-0.25, -0.2) is 0 Å². The number of piperidine rings is 1.